The summed E-state index contributed by atoms with van der Waals surface area (Å²) < 4.78 is 0. The number of rotatable bonds is 7. The summed E-state index contributed by atoms with van der Waals surface area (Å²) in [6.07, 6.45) is 3.14. The van der Waals surface area contributed by atoms with Crippen molar-refractivity contribution >= 4 is 0 Å². The summed E-state index contributed by atoms with van der Waals surface area (Å²) >= 11 is 0. The van der Waals surface area contributed by atoms with E-state index in [1.54, 1.807) is 24.3 Å². The van der Waals surface area contributed by atoms with Gasteiger partial charge in [-0.3, -0.25) is 0 Å². The number of likely N-dealkylation sites (N-methyl/N-ethyl adjacent to an activating group) is 1. The van der Waals surface area contributed by atoms with E-state index in [2.05, 4.69) is 11.9 Å². The first-order valence-electron chi connectivity index (χ1n) is 7.38. The van der Waals surface area contributed by atoms with Gasteiger partial charge in [-0.05, 0) is 68.2 Å². The van der Waals surface area contributed by atoms with Crippen molar-refractivity contribution in [1.29, 1.82) is 0 Å². The van der Waals surface area contributed by atoms with Crippen molar-refractivity contribution in [3.63, 3.8) is 0 Å². The van der Waals surface area contributed by atoms with Crippen molar-refractivity contribution in [2.45, 2.75) is 19.3 Å². The predicted octanol–water partition coefficient (Wildman–Crippen LogP) is 3.20. The van der Waals surface area contributed by atoms with E-state index in [0.29, 0.717) is 11.5 Å². The van der Waals surface area contributed by atoms with Gasteiger partial charge in [0.1, 0.15) is 11.5 Å². The number of phenolic OH excluding ortho intramolecular Hbond substituents is 2. The number of hydrogen-bond donors (Lipinski definition) is 2. The molecule has 0 aromatic heterocycles. The third kappa shape index (κ3) is 5.48. The molecule has 0 saturated heterocycles. The molecule has 2 aromatic rings. The Bertz CT molecular complexity index is 534. The van der Waals surface area contributed by atoms with E-state index in [1.807, 2.05) is 24.3 Å². The topological polar surface area (TPSA) is 43.7 Å². The van der Waals surface area contributed by atoms with Crippen molar-refractivity contribution in [1.82, 2.24) is 4.90 Å². The fraction of sp³-hybridized carbons (Fsp3) is 0.333. The van der Waals surface area contributed by atoms with E-state index in [1.165, 1.54) is 11.1 Å². The summed E-state index contributed by atoms with van der Waals surface area (Å²) in [5, 5.41) is 18.5. The lowest BCUT2D eigenvalue weighted by atomic mass is 10.1. The van der Waals surface area contributed by atoms with Crippen LogP contribution in [-0.4, -0.2) is 35.3 Å². The van der Waals surface area contributed by atoms with Gasteiger partial charge in [-0.15, -0.1) is 0 Å². The van der Waals surface area contributed by atoms with Crippen molar-refractivity contribution in [3.8, 4) is 11.5 Å². The largest absolute Gasteiger partial charge is 0.508 e. The Labute approximate surface area is 126 Å². The van der Waals surface area contributed by atoms with E-state index in [4.69, 9.17) is 0 Å². The number of phenols is 2. The lowest BCUT2D eigenvalue weighted by molar-refractivity contribution is 0.333. The molecule has 0 aliphatic carbocycles. The molecule has 0 aliphatic heterocycles. The summed E-state index contributed by atoms with van der Waals surface area (Å²) in [7, 11) is 2.14. The van der Waals surface area contributed by atoms with Crippen molar-refractivity contribution in [2.24, 2.45) is 0 Å². The molecular weight excluding hydrogens is 262 g/mol. The molecule has 0 bridgehead atoms. The Hall–Kier alpha value is -2.00. The van der Waals surface area contributed by atoms with Crippen LogP contribution in [0.4, 0.5) is 0 Å². The first-order valence-corrected chi connectivity index (χ1v) is 7.38. The highest BCUT2D eigenvalue weighted by molar-refractivity contribution is 5.26. The maximum atomic E-state index is 9.25. The van der Waals surface area contributed by atoms with Crippen LogP contribution < -0.4 is 0 Å². The van der Waals surface area contributed by atoms with Gasteiger partial charge >= 0.3 is 0 Å². The SMILES string of the molecule is CN(CCCc1ccc(O)cc1)CCc1ccc(O)cc1. The van der Waals surface area contributed by atoms with Crippen molar-refractivity contribution < 1.29 is 10.2 Å². The molecule has 3 nitrogen and oxygen atoms in total. The number of nitrogens with zero attached hydrogens (tertiary/aromatic N) is 1. The Balaban J connectivity index is 1.66. The molecule has 0 atom stereocenters. The molecule has 2 N–H and O–H groups in total. The summed E-state index contributed by atoms with van der Waals surface area (Å²) in [5.74, 6) is 0.644. The normalized spacial score (nSPS) is 11.0. The van der Waals surface area contributed by atoms with E-state index in [-0.39, 0.29) is 0 Å². The van der Waals surface area contributed by atoms with Gasteiger partial charge in [0, 0.05) is 6.54 Å². The maximum Gasteiger partial charge on any atom is 0.115 e. The standard InChI is InChI=1S/C18H23NO2/c1-19(14-12-16-6-10-18(21)11-7-16)13-2-3-15-4-8-17(20)9-5-15/h4-11,20-21H,2-3,12-14H2,1H3. The summed E-state index contributed by atoms with van der Waals surface area (Å²) in [6.45, 7) is 2.07. The van der Waals surface area contributed by atoms with E-state index < -0.39 is 0 Å². The molecule has 0 spiro atoms. The lowest BCUT2D eigenvalue weighted by Gasteiger charge is -2.16. The molecule has 0 heterocycles. The lowest BCUT2D eigenvalue weighted by Crippen LogP contribution is -2.22. The van der Waals surface area contributed by atoms with Crippen molar-refractivity contribution in [3.05, 3.63) is 59.7 Å². The first kappa shape index (κ1) is 15.4. The van der Waals surface area contributed by atoms with Crippen LogP contribution in [0.1, 0.15) is 17.5 Å². The van der Waals surface area contributed by atoms with Crippen LogP contribution in [0, 0.1) is 0 Å². The fourth-order valence-corrected chi connectivity index (χ4v) is 2.31. The monoisotopic (exact) mass is 285 g/mol. The number of hydrogen-bond acceptors (Lipinski definition) is 3. The van der Waals surface area contributed by atoms with Crippen LogP contribution in [0.25, 0.3) is 0 Å². The zero-order valence-corrected chi connectivity index (χ0v) is 12.5. The minimum atomic E-state index is 0.320. The smallest absolute Gasteiger partial charge is 0.115 e. The molecule has 0 amide bonds. The molecular formula is C18H23NO2. The van der Waals surface area contributed by atoms with Gasteiger partial charge in [-0.25, -0.2) is 0 Å². The van der Waals surface area contributed by atoms with Crippen LogP contribution in [-0.2, 0) is 12.8 Å². The summed E-state index contributed by atoms with van der Waals surface area (Å²) in [4.78, 5) is 2.33. The second kappa shape index (κ2) is 7.70. The quantitative estimate of drug-likeness (QED) is 0.821. The number of benzene rings is 2. The minimum absolute atomic E-state index is 0.320. The summed E-state index contributed by atoms with van der Waals surface area (Å²) in [6, 6.07) is 14.9. The van der Waals surface area contributed by atoms with Gasteiger partial charge in [0.2, 0.25) is 0 Å². The minimum Gasteiger partial charge on any atom is -0.508 e. The average molecular weight is 285 g/mol. The van der Waals surface area contributed by atoms with Crippen LogP contribution in [0.15, 0.2) is 48.5 Å². The van der Waals surface area contributed by atoms with Gasteiger partial charge in [0.15, 0.2) is 0 Å². The zero-order valence-electron chi connectivity index (χ0n) is 12.5. The number of aryl methyl sites for hydroxylation is 1. The summed E-state index contributed by atoms with van der Waals surface area (Å²) in [5.41, 5.74) is 2.51. The van der Waals surface area contributed by atoms with Gasteiger partial charge in [0.25, 0.3) is 0 Å². The van der Waals surface area contributed by atoms with Gasteiger partial charge in [-0.1, -0.05) is 24.3 Å². The molecule has 2 rings (SSSR count). The molecule has 0 saturated carbocycles. The Morgan fingerprint density at radius 2 is 1.19 bits per heavy atom. The highest BCUT2D eigenvalue weighted by Gasteiger charge is 2.01. The highest BCUT2D eigenvalue weighted by Crippen LogP contribution is 2.12. The Morgan fingerprint density at radius 3 is 1.71 bits per heavy atom. The third-order valence-corrected chi connectivity index (χ3v) is 3.66. The van der Waals surface area contributed by atoms with E-state index >= 15 is 0 Å². The van der Waals surface area contributed by atoms with Gasteiger partial charge in [-0.2, -0.15) is 0 Å². The van der Waals surface area contributed by atoms with Crippen LogP contribution in [0.5, 0.6) is 11.5 Å². The Morgan fingerprint density at radius 1 is 0.714 bits per heavy atom. The third-order valence-electron chi connectivity index (χ3n) is 3.66. The number of aromatic hydroxyl groups is 2. The molecule has 3 heteroatoms. The van der Waals surface area contributed by atoms with E-state index in [0.717, 1.165) is 32.4 Å². The van der Waals surface area contributed by atoms with E-state index in [9.17, 15) is 10.2 Å². The fourth-order valence-electron chi connectivity index (χ4n) is 2.31. The van der Waals surface area contributed by atoms with Crippen LogP contribution in [0.3, 0.4) is 0 Å². The Kier molecular flexibility index (Phi) is 5.64. The molecule has 112 valence electrons. The molecule has 0 radical (unpaired) electrons. The van der Waals surface area contributed by atoms with Crippen LogP contribution in [0.2, 0.25) is 0 Å². The van der Waals surface area contributed by atoms with Crippen molar-refractivity contribution in [2.75, 3.05) is 20.1 Å². The second-order valence-electron chi connectivity index (χ2n) is 5.49. The highest BCUT2D eigenvalue weighted by atomic mass is 16.3. The van der Waals surface area contributed by atoms with Crippen LogP contribution >= 0.6 is 0 Å². The predicted molar refractivity (Wildman–Crippen MR) is 85.7 cm³/mol. The molecule has 0 fully saturated rings. The maximum absolute atomic E-state index is 9.25. The molecule has 0 unspecified atom stereocenters. The zero-order chi connectivity index (χ0) is 15.1. The molecule has 0 aliphatic rings. The first-order chi connectivity index (χ1) is 10.1. The van der Waals surface area contributed by atoms with Gasteiger partial charge < -0.3 is 15.1 Å². The second-order valence-corrected chi connectivity index (χ2v) is 5.49. The average Bonchev–Trinajstić information content (AvgIpc) is 2.49. The molecule has 21 heavy (non-hydrogen) atoms. The molecule has 2 aromatic carbocycles. The van der Waals surface area contributed by atoms with Gasteiger partial charge in [0.05, 0.1) is 0 Å².